The van der Waals surface area contributed by atoms with Crippen LogP contribution in [0.2, 0.25) is 0 Å². The lowest BCUT2D eigenvalue weighted by Gasteiger charge is -2.42. The van der Waals surface area contributed by atoms with Crippen molar-refractivity contribution in [2.24, 2.45) is 0 Å². The Balaban J connectivity index is 1.60. The Morgan fingerprint density at radius 2 is 1.31 bits per heavy atom. The average molecular weight is 543 g/mol. The van der Waals surface area contributed by atoms with Gasteiger partial charge in [-0.05, 0) is 58.7 Å². The summed E-state index contributed by atoms with van der Waals surface area (Å²) in [6.07, 6.45) is 4.51. The molecule has 3 heteroatoms. The maximum absolute atomic E-state index is 6.70. The summed E-state index contributed by atoms with van der Waals surface area (Å²) >= 11 is 5.58. The summed E-state index contributed by atoms with van der Waals surface area (Å²) in [5.41, 5.74) is 6.84. The summed E-state index contributed by atoms with van der Waals surface area (Å²) < 4.78 is 10.4. The van der Waals surface area contributed by atoms with E-state index >= 15 is 0 Å². The third-order valence-corrected chi connectivity index (χ3v) is 9.25. The summed E-state index contributed by atoms with van der Waals surface area (Å²) in [6.45, 7) is 0. The highest BCUT2D eigenvalue weighted by Gasteiger charge is 2.48. The van der Waals surface area contributed by atoms with Gasteiger partial charge in [0.1, 0.15) is 11.5 Å². The highest BCUT2D eigenvalue weighted by Crippen LogP contribution is 2.59. The number of halogens is 1. The quantitative estimate of drug-likeness (QED) is 0.185. The van der Waals surface area contributed by atoms with Gasteiger partial charge in [0.2, 0.25) is 0 Å². The number of ether oxygens (including phenoxy) is 1. The second-order valence-corrected chi connectivity index (χ2v) is 11.4. The molecule has 1 nitrogen and oxygen atoms in total. The Labute approximate surface area is 221 Å². The standard InChI is InChI=1S/C33H19BrOS/c34-22-15-16-26-21(17-22)14-13-20-7-1-3-9-25(20)33(26)27-10-4-5-11-29(27)35-30-18-24-23-8-2-6-12-31(23)36-32(24)19-28(30)33/h1-19H. The number of hydrogen-bond acceptors (Lipinski definition) is 2. The van der Waals surface area contributed by atoms with Crippen LogP contribution in [0.25, 0.3) is 32.3 Å². The minimum Gasteiger partial charge on any atom is -0.457 e. The highest BCUT2D eigenvalue weighted by atomic mass is 79.9. The van der Waals surface area contributed by atoms with E-state index in [9.17, 15) is 0 Å². The Kier molecular flexibility index (Phi) is 4.23. The van der Waals surface area contributed by atoms with E-state index in [4.69, 9.17) is 4.74 Å². The molecule has 1 atom stereocenters. The van der Waals surface area contributed by atoms with Crippen LogP contribution in [0, 0.1) is 0 Å². The third-order valence-electron chi connectivity index (χ3n) is 7.62. The number of hydrogen-bond donors (Lipinski definition) is 0. The van der Waals surface area contributed by atoms with E-state index in [-0.39, 0.29) is 0 Å². The predicted molar refractivity (Wildman–Crippen MR) is 154 cm³/mol. The fraction of sp³-hybridized carbons (Fsp3) is 0.0303. The Hall–Kier alpha value is -3.66. The molecule has 0 radical (unpaired) electrons. The molecular formula is C33H19BrOS. The molecule has 0 fully saturated rings. The predicted octanol–water partition coefficient (Wildman–Crippen LogP) is 9.79. The minimum atomic E-state index is -0.509. The van der Waals surface area contributed by atoms with E-state index in [2.05, 4.69) is 131 Å². The van der Waals surface area contributed by atoms with E-state index in [0.29, 0.717) is 0 Å². The molecule has 0 saturated carbocycles. The molecule has 2 aliphatic rings. The van der Waals surface area contributed by atoms with E-state index in [1.807, 2.05) is 11.3 Å². The molecule has 170 valence electrons. The van der Waals surface area contributed by atoms with Crippen molar-refractivity contribution in [3.8, 4) is 11.5 Å². The number of benzene rings is 5. The van der Waals surface area contributed by atoms with Crippen molar-refractivity contribution < 1.29 is 4.74 Å². The maximum Gasteiger partial charge on any atom is 0.132 e. The van der Waals surface area contributed by atoms with E-state index < -0.39 is 5.41 Å². The van der Waals surface area contributed by atoms with Gasteiger partial charge in [-0.15, -0.1) is 11.3 Å². The number of thiophene rings is 1. The molecule has 2 heterocycles. The molecule has 0 N–H and O–H groups in total. The van der Waals surface area contributed by atoms with Crippen LogP contribution in [0.15, 0.2) is 108 Å². The lowest BCUT2D eigenvalue weighted by Crippen LogP contribution is -2.35. The van der Waals surface area contributed by atoms with Crippen LogP contribution in [0.3, 0.4) is 0 Å². The second-order valence-electron chi connectivity index (χ2n) is 9.44. The van der Waals surface area contributed by atoms with Crippen LogP contribution < -0.4 is 4.74 Å². The molecule has 8 rings (SSSR count). The van der Waals surface area contributed by atoms with Crippen molar-refractivity contribution in [3.63, 3.8) is 0 Å². The molecular weight excluding hydrogens is 524 g/mol. The molecule has 1 spiro atoms. The lowest BCUT2D eigenvalue weighted by atomic mass is 9.62. The normalized spacial score (nSPS) is 17.2. The first kappa shape index (κ1) is 20.5. The average Bonchev–Trinajstić information content (AvgIpc) is 3.20. The Bertz CT molecular complexity index is 1900. The van der Waals surface area contributed by atoms with Crippen LogP contribution in [0.1, 0.15) is 33.4 Å². The second kappa shape index (κ2) is 7.42. The Morgan fingerprint density at radius 1 is 0.556 bits per heavy atom. The maximum atomic E-state index is 6.70. The van der Waals surface area contributed by atoms with Gasteiger partial charge in [-0.2, -0.15) is 0 Å². The summed E-state index contributed by atoms with van der Waals surface area (Å²) in [5, 5.41) is 2.53. The zero-order chi connectivity index (χ0) is 23.9. The number of para-hydroxylation sites is 1. The first-order chi connectivity index (χ1) is 17.7. The van der Waals surface area contributed by atoms with Gasteiger partial charge >= 0.3 is 0 Å². The van der Waals surface area contributed by atoms with Crippen molar-refractivity contribution in [3.05, 3.63) is 141 Å². The van der Waals surface area contributed by atoms with Crippen LogP contribution in [0.4, 0.5) is 0 Å². The molecule has 36 heavy (non-hydrogen) atoms. The van der Waals surface area contributed by atoms with Crippen LogP contribution in [-0.2, 0) is 5.41 Å². The lowest BCUT2D eigenvalue weighted by molar-refractivity contribution is 0.435. The summed E-state index contributed by atoms with van der Waals surface area (Å²) in [5.74, 6) is 1.84. The van der Waals surface area contributed by atoms with Crippen molar-refractivity contribution in [2.45, 2.75) is 5.41 Å². The van der Waals surface area contributed by atoms with Gasteiger partial charge in [-0.3, -0.25) is 0 Å². The van der Waals surface area contributed by atoms with Crippen LogP contribution in [0.5, 0.6) is 11.5 Å². The van der Waals surface area contributed by atoms with Gasteiger partial charge in [0.15, 0.2) is 0 Å². The van der Waals surface area contributed by atoms with Gasteiger partial charge < -0.3 is 4.74 Å². The Morgan fingerprint density at radius 3 is 2.25 bits per heavy atom. The van der Waals surface area contributed by atoms with Crippen molar-refractivity contribution in [1.82, 2.24) is 0 Å². The van der Waals surface area contributed by atoms with Crippen LogP contribution in [-0.4, -0.2) is 0 Å². The van der Waals surface area contributed by atoms with Gasteiger partial charge in [-0.1, -0.05) is 94.8 Å². The number of rotatable bonds is 0. The monoisotopic (exact) mass is 542 g/mol. The SMILES string of the molecule is Brc1ccc2c(c1)C=Cc1ccccc1C21c2ccccc2Oc2cc3c(cc21)sc1ccccc13. The molecule has 1 aliphatic carbocycles. The molecule has 1 aliphatic heterocycles. The van der Waals surface area contributed by atoms with E-state index in [1.54, 1.807) is 0 Å². The van der Waals surface area contributed by atoms with E-state index in [1.165, 1.54) is 53.6 Å². The number of fused-ring (bicyclic) bond motifs is 11. The molecule has 1 unspecified atom stereocenters. The van der Waals surface area contributed by atoms with Crippen molar-refractivity contribution in [2.75, 3.05) is 0 Å². The molecule has 5 aromatic carbocycles. The topological polar surface area (TPSA) is 9.23 Å². The summed E-state index contributed by atoms with van der Waals surface area (Å²) in [4.78, 5) is 0. The van der Waals surface area contributed by atoms with Crippen molar-refractivity contribution >= 4 is 59.6 Å². The first-order valence-corrected chi connectivity index (χ1v) is 13.7. The van der Waals surface area contributed by atoms with Gasteiger partial charge in [0.05, 0.1) is 5.41 Å². The molecule has 0 bridgehead atoms. The molecule has 0 amide bonds. The largest absolute Gasteiger partial charge is 0.457 e. The van der Waals surface area contributed by atoms with Crippen molar-refractivity contribution in [1.29, 1.82) is 0 Å². The smallest absolute Gasteiger partial charge is 0.132 e. The van der Waals surface area contributed by atoms with Crippen LogP contribution >= 0.6 is 27.3 Å². The third kappa shape index (κ3) is 2.65. The first-order valence-electron chi connectivity index (χ1n) is 12.0. The fourth-order valence-corrected chi connectivity index (χ4v) is 7.67. The molecule has 6 aromatic rings. The zero-order valence-electron chi connectivity index (χ0n) is 19.2. The summed E-state index contributed by atoms with van der Waals surface area (Å²) in [6, 6.07) is 37.3. The summed E-state index contributed by atoms with van der Waals surface area (Å²) in [7, 11) is 0. The fourth-order valence-electron chi connectivity index (χ4n) is 6.16. The minimum absolute atomic E-state index is 0.509. The molecule has 0 saturated heterocycles. The van der Waals surface area contributed by atoms with Gasteiger partial charge in [-0.25, -0.2) is 0 Å². The van der Waals surface area contributed by atoms with Gasteiger partial charge in [0.25, 0.3) is 0 Å². The zero-order valence-corrected chi connectivity index (χ0v) is 21.6. The van der Waals surface area contributed by atoms with E-state index in [0.717, 1.165) is 16.0 Å². The highest BCUT2D eigenvalue weighted by molar-refractivity contribution is 9.10. The molecule has 1 aromatic heterocycles. The van der Waals surface area contributed by atoms with Gasteiger partial charge in [0, 0.05) is 35.8 Å².